The lowest BCUT2D eigenvalue weighted by Gasteiger charge is -2.27. The highest BCUT2D eigenvalue weighted by atomic mass is 32.2. The van der Waals surface area contributed by atoms with Crippen molar-refractivity contribution in [1.82, 2.24) is 14.6 Å². The predicted octanol–water partition coefficient (Wildman–Crippen LogP) is 2.57. The van der Waals surface area contributed by atoms with Crippen LogP contribution in [0.3, 0.4) is 0 Å². The van der Waals surface area contributed by atoms with Crippen LogP contribution in [0.2, 0.25) is 0 Å². The van der Waals surface area contributed by atoms with Crippen LogP contribution in [-0.4, -0.2) is 36.8 Å². The van der Waals surface area contributed by atoms with Crippen LogP contribution in [0.5, 0.6) is 0 Å². The SMILES string of the molecule is CCNS(=O)(=O)c1ccc(F)c(C(=O)N(Cc2cccnc2)C(C)C)c1. The number of rotatable bonds is 7. The minimum atomic E-state index is -3.79. The zero-order chi connectivity index (χ0) is 19.3. The average Bonchev–Trinajstić information content (AvgIpc) is 2.60. The van der Waals surface area contributed by atoms with E-state index in [0.29, 0.717) is 0 Å². The Bertz CT molecular complexity index is 871. The van der Waals surface area contributed by atoms with Gasteiger partial charge in [-0.15, -0.1) is 0 Å². The molecule has 0 spiro atoms. The Morgan fingerprint density at radius 3 is 2.62 bits per heavy atom. The number of carbonyl (C=O) groups excluding carboxylic acids is 1. The molecule has 8 heteroatoms. The molecule has 1 heterocycles. The quantitative estimate of drug-likeness (QED) is 0.802. The highest BCUT2D eigenvalue weighted by molar-refractivity contribution is 7.89. The maximum absolute atomic E-state index is 14.3. The summed E-state index contributed by atoms with van der Waals surface area (Å²) in [4.78, 5) is 18.2. The number of benzene rings is 1. The Balaban J connectivity index is 2.39. The third-order valence-electron chi connectivity index (χ3n) is 3.77. The first-order valence-corrected chi connectivity index (χ1v) is 9.73. The molecular formula is C18H22FN3O3S. The summed E-state index contributed by atoms with van der Waals surface area (Å²) >= 11 is 0. The Kier molecular flexibility index (Phi) is 6.44. The molecule has 0 saturated heterocycles. The van der Waals surface area contributed by atoms with Gasteiger partial charge in [-0.05, 0) is 43.7 Å². The van der Waals surface area contributed by atoms with Crippen molar-refractivity contribution >= 4 is 15.9 Å². The maximum atomic E-state index is 14.3. The number of amides is 1. The van der Waals surface area contributed by atoms with Gasteiger partial charge in [0.05, 0.1) is 10.5 Å². The van der Waals surface area contributed by atoms with Gasteiger partial charge in [-0.2, -0.15) is 0 Å². The molecule has 1 N–H and O–H groups in total. The zero-order valence-electron chi connectivity index (χ0n) is 14.9. The van der Waals surface area contributed by atoms with Crippen molar-refractivity contribution in [3.05, 3.63) is 59.7 Å². The molecule has 0 radical (unpaired) electrons. The van der Waals surface area contributed by atoms with Crippen LogP contribution >= 0.6 is 0 Å². The summed E-state index contributed by atoms with van der Waals surface area (Å²) in [7, 11) is -3.79. The highest BCUT2D eigenvalue weighted by Crippen LogP contribution is 2.19. The Morgan fingerprint density at radius 2 is 2.04 bits per heavy atom. The molecule has 0 aliphatic carbocycles. The first-order valence-electron chi connectivity index (χ1n) is 8.25. The van der Waals surface area contributed by atoms with Crippen molar-refractivity contribution in [1.29, 1.82) is 0 Å². The van der Waals surface area contributed by atoms with E-state index in [9.17, 15) is 17.6 Å². The summed E-state index contributed by atoms with van der Waals surface area (Å²) in [6.45, 7) is 5.70. The minimum absolute atomic E-state index is 0.144. The molecule has 0 atom stereocenters. The van der Waals surface area contributed by atoms with Gasteiger partial charge in [0, 0.05) is 31.5 Å². The number of sulfonamides is 1. The van der Waals surface area contributed by atoms with Gasteiger partial charge in [0.2, 0.25) is 10.0 Å². The van der Waals surface area contributed by atoms with E-state index in [1.807, 2.05) is 19.9 Å². The van der Waals surface area contributed by atoms with Crippen molar-refractivity contribution in [3.63, 3.8) is 0 Å². The number of hydrogen-bond acceptors (Lipinski definition) is 4. The number of halogens is 1. The van der Waals surface area contributed by atoms with E-state index in [0.717, 1.165) is 23.8 Å². The predicted molar refractivity (Wildman–Crippen MR) is 96.5 cm³/mol. The topological polar surface area (TPSA) is 79.4 Å². The van der Waals surface area contributed by atoms with Crippen LogP contribution in [0.25, 0.3) is 0 Å². The molecule has 2 rings (SSSR count). The lowest BCUT2D eigenvalue weighted by atomic mass is 10.1. The van der Waals surface area contributed by atoms with Gasteiger partial charge in [-0.3, -0.25) is 9.78 Å². The fourth-order valence-electron chi connectivity index (χ4n) is 2.44. The lowest BCUT2D eigenvalue weighted by molar-refractivity contribution is 0.0685. The largest absolute Gasteiger partial charge is 0.332 e. The molecule has 1 amide bonds. The molecule has 6 nitrogen and oxygen atoms in total. The summed E-state index contributed by atoms with van der Waals surface area (Å²) in [6.07, 6.45) is 3.25. The Labute approximate surface area is 153 Å². The summed E-state index contributed by atoms with van der Waals surface area (Å²) < 4.78 is 40.9. The molecule has 0 fully saturated rings. The van der Waals surface area contributed by atoms with E-state index in [4.69, 9.17) is 0 Å². The second kappa shape index (κ2) is 8.37. The number of hydrogen-bond donors (Lipinski definition) is 1. The average molecular weight is 379 g/mol. The Hall–Kier alpha value is -2.32. The van der Waals surface area contributed by atoms with Crippen LogP contribution in [0.1, 0.15) is 36.7 Å². The van der Waals surface area contributed by atoms with Crippen LogP contribution < -0.4 is 4.72 Å². The number of aromatic nitrogens is 1. The van der Waals surface area contributed by atoms with Gasteiger partial charge in [0.25, 0.3) is 5.91 Å². The van der Waals surface area contributed by atoms with Gasteiger partial charge >= 0.3 is 0 Å². The van der Waals surface area contributed by atoms with E-state index in [1.165, 1.54) is 4.90 Å². The molecule has 0 aliphatic heterocycles. The molecule has 1 aromatic carbocycles. The van der Waals surface area contributed by atoms with Crippen molar-refractivity contribution in [2.24, 2.45) is 0 Å². The van der Waals surface area contributed by atoms with Gasteiger partial charge in [0.1, 0.15) is 5.82 Å². The molecule has 0 saturated carbocycles. The summed E-state index contributed by atoms with van der Waals surface area (Å²) in [5, 5.41) is 0. The third-order valence-corrected chi connectivity index (χ3v) is 5.32. The van der Waals surface area contributed by atoms with Gasteiger partial charge < -0.3 is 4.90 Å². The molecule has 0 aliphatic rings. The lowest BCUT2D eigenvalue weighted by Crippen LogP contribution is -2.37. The Morgan fingerprint density at radius 1 is 1.31 bits per heavy atom. The molecule has 26 heavy (non-hydrogen) atoms. The molecule has 0 unspecified atom stereocenters. The number of nitrogens with zero attached hydrogens (tertiary/aromatic N) is 2. The monoisotopic (exact) mass is 379 g/mol. The van der Waals surface area contributed by atoms with Crippen LogP contribution in [0.15, 0.2) is 47.6 Å². The number of nitrogens with one attached hydrogen (secondary N) is 1. The second-order valence-electron chi connectivity index (χ2n) is 6.03. The smallest absolute Gasteiger partial charge is 0.257 e. The third kappa shape index (κ3) is 4.64. The maximum Gasteiger partial charge on any atom is 0.257 e. The minimum Gasteiger partial charge on any atom is -0.332 e. The molecule has 1 aromatic heterocycles. The molecule has 0 bridgehead atoms. The standard InChI is InChI=1S/C18H22FN3O3S/c1-4-21-26(24,25)15-7-8-17(19)16(10-15)18(23)22(13(2)3)12-14-6-5-9-20-11-14/h5-11,13,21H,4,12H2,1-3H3. The van der Waals surface area contributed by atoms with Gasteiger partial charge in [0.15, 0.2) is 0 Å². The summed E-state index contributed by atoms with van der Waals surface area (Å²) in [5.41, 5.74) is 0.521. The van der Waals surface area contributed by atoms with E-state index in [1.54, 1.807) is 25.4 Å². The van der Waals surface area contributed by atoms with Crippen molar-refractivity contribution < 1.29 is 17.6 Å². The fourth-order valence-corrected chi connectivity index (χ4v) is 3.51. The van der Waals surface area contributed by atoms with Gasteiger partial charge in [-0.25, -0.2) is 17.5 Å². The number of carbonyl (C=O) groups is 1. The normalized spacial score (nSPS) is 11.6. The van der Waals surface area contributed by atoms with Crippen LogP contribution in [-0.2, 0) is 16.6 Å². The van der Waals surface area contributed by atoms with Crippen LogP contribution in [0.4, 0.5) is 4.39 Å². The molecule has 140 valence electrons. The fraction of sp³-hybridized carbons (Fsp3) is 0.333. The number of pyridine rings is 1. The zero-order valence-corrected chi connectivity index (χ0v) is 15.8. The summed E-state index contributed by atoms with van der Waals surface area (Å²) in [6, 6.07) is 6.58. The van der Waals surface area contributed by atoms with Crippen LogP contribution in [0, 0.1) is 5.82 Å². The molecule has 2 aromatic rings. The van der Waals surface area contributed by atoms with Crippen molar-refractivity contribution in [2.75, 3.05) is 6.54 Å². The first-order chi connectivity index (χ1) is 12.3. The molecular weight excluding hydrogens is 357 g/mol. The van der Waals surface area contributed by atoms with E-state index in [2.05, 4.69) is 9.71 Å². The second-order valence-corrected chi connectivity index (χ2v) is 7.80. The van der Waals surface area contributed by atoms with Crippen molar-refractivity contribution in [2.45, 2.75) is 38.3 Å². The van der Waals surface area contributed by atoms with E-state index >= 15 is 0 Å². The highest BCUT2D eigenvalue weighted by Gasteiger charge is 2.24. The van der Waals surface area contributed by atoms with Crippen molar-refractivity contribution in [3.8, 4) is 0 Å². The first kappa shape index (κ1) is 20.0. The van der Waals surface area contributed by atoms with E-state index in [-0.39, 0.29) is 29.6 Å². The summed E-state index contributed by atoms with van der Waals surface area (Å²) in [5.74, 6) is -1.34. The van der Waals surface area contributed by atoms with E-state index < -0.39 is 21.7 Å². The van der Waals surface area contributed by atoms with Gasteiger partial charge in [-0.1, -0.05) is 13.0 Å².